The van der Waals surface area contributed by atoms with Gasteiger partial charge < -0.3 is 9.47 Å². The Bertz CT molecular complexity index is 352. The Hall–Kier alpha value is -1.69. The summed E-state index contributed by atoms with van der Waals surface area (Å²) in [7, 11) is 0. The van der Waals surface area contributed by atoms with Crippen LogP contribution in [0.25, 0.3) is 0 Å². The molecule has 0 fully saturated rings. The zero-order valence-electron chi connectivity index (χ0n) is 8.82. The predicted molar refractivity (Wildman–Crippen MR) is 39.0 cm³/mol. The molecule has 0 unspecified atom stereocenters. The van der Waals surface area contributed by atoms with Crippen LogP contribution in [0.4, 0.5) is 39.5 Å². The molecule has 0 aromatic carbocycles. The predicted octanol–water partition coefficient (Wildman–Crippen LogP) is 2.13. The molecule has 4 nitrogen and oxygen atoms in total. The number of carbonyl (C=O) groups excluding carboxylic acids is 2. The van der Waals surface area contributed by atoms with Crippen LogP contribution in [0, 0.1) is 0 Å². The van der Waals surface area contributed by atoms with E-state index in [-0.39, 0.29) is 0 Å². The number of ether oxygens (including phenoxy) is 2. The molecule has 0 amide bonds. The van der Waals surface area contributed by atoms with Crippen LogP contribution in [0.5, 0.6) is 0 Å². The van der Waals surface area contributed by atoms with Gasteiger partial charge in [0.1, 0.15) is 0 Å². The first-order valence-electron chi connectivity index (χ1n) is 4.22. The highest BCUT2D eigenvalue weighted by molar-refractivity contribution is 6.29. The third-order valence-electron chi connectivity index (χ3n) is 1.35. The van der Waals surface area contributed by atoms with Crippen molar-refractivity contribution in [3.63, 3.8) is 0 Å². The number of halogens is 9. The summed E-state index contributed by atoms with van der Waals surface area (Å²) >= 11 is 0. The maximum atomic E-state index is 11.9. The Morgan fingerprint density at radius 1 is 0.800 bits per heavy atom. The zero-order valence-corrected chi connectivity index (χ0v) is 8.82. The second kappa shape index (κ2) is 5.75. The first-order valence-corrected chi connectivity index (χ1v) is 4.22. The van der Waals surface area contributed by atoms with E-state index in [9.17, 15) is 49.1 Å². The minimum atomic E-state index is -6.10. The minimum Gasteiger partial charge on any atom is -0.448 e. The van der Waals surface area contributed by atoms with E-state index in [4.69, 9.17) is 0 Å². The van der Waals surface area contributed by atoms with Gasteiger partial charge in [0.2, 0.25) is 0 Å². The van der Waals surface area contributed by atoms with Crippen LogP contribution in [-0.4, -0.2) is 43.2 Å². The van der Waals surface area contributed by atoms with Crippen LogP contribution in [0.3, 0.4) is 0 Å². The highest BCUT2D eigenvalue weighted by atomic mass is 19.4. The van der Waals surface area contributed by atoms with Crippen molar-refractivity contribution < 1.29 is 58.6 Å². The van der Waals surface area contributed by atoms with Crippen molar-refractivity contribution in [1.82, 2.24) is 0 Å². The Morgan fingerprint density at radius 3 is 1.50 bits per heavy atom. The molecule has 13 heteroatoms. The van der Waals surface area contributed by atoms with E-state index in [0.717, 1.165) is 0 Å². The number of hydrogen-bond acceptors (Lipinski definition) is 4. The highest BCUT2D eigenvalue weighted by Crippen LogP contribution is 2.35. The van der Waals surface area contributed by atoms with Gasteiger partial charge in [0.25, 0.3) is 6.10 Å². The molecule has 0 heterocycles. The monoisotopic (exact) mass is 322 g/mol. The van der Waals surface area contributed by atoms with E-state index in [1.165, 1.54) is 0 Å². The summed E-state index contributed by atoms with van der Waals surface area (Å²) in [4.78, 5) is 20.9. The number of alkyl halides is 9. The van der Waals surface area contributed by atoms with E-state index in [1.54, 1.807) is 0 Å². The lowest BCUT2D eigenvalue weighted by molar-refractivity contribution is -0.313. The molecular weight excluding hydrogens is 319 g/mol. The van der Waals surface area contributed by atoms with E-state index < -0.39 is 43.2 Å². The minimum absolute atomic E-state index is 2.37. The lowest BCUT2D eigenvalue weighted by Crippen LogP contribution is -2.47. The molecule has 0 N–H and O–H groups in total. The van der Waals surface area contributed by atoms with Gasteiger partial charge in [0.15, 0.2) is 6.61 Å². The fourth-order valence-corrected chi connectivity index (χ4v) is 0.681. The highest BCUT2D eigenvalue weighted by Gasteiger charge is 2.60. The maximum absolute atomic E-state index is 11.9. The largest absolute Gasteiger partial charge is 0.448 e. The van der Waals surface area contributed by atoms with E-state index in [2.05, 4.69) is 9.47 Å². The summed E-state index contributed by atoms with van der Waals surface area (Å²) in [5.74, 6) is -5.49. The van der Waals surface area contributed by atoms with Crippen LogP contribution in [0.1, 0.15) is 0 Å². The summed E-state index contributed by atoms with van der Waals surface area (Å²) in [5.41, 5.74) is 0. The molecule has 0 bridgehead atoms. The summed E-state index contributed by atoms with van der Waals surface area (Å²) in [6.07, 6.45) is -22.0. The summed E-state index contributed by atoms with van der Waals surface area (Å²) in [6, 6.07) is 0. The zero-order chi connectivity index (χ0) is 16.4. The van der Waals surface area contributed by atoms with E-state index in [0.29, 0.717) is 0 Å². The fourth-order valence-electron chi connectivity index (χ4n) is 0.681. The van der Waals surface area contributed by atoms with Crippen molar-refractivity contribution in [3.05, 3.63) is 0 Å². The fraction of sp³-hybridized carbons (Fsp3) is 0.714. The third kappa shape index (κ3) is 6.47. The van der Waals surface area contributed by atoms with Gasteiger partial charge in [0, 0.05) is 0 Å². The molecule has 20 heavy (non-hydrogen) atoms. The van der Waals surface area contributed by atoms with Crippen molar-refractivity contribution in [2.75, 3.05) is 6.61 Å². The lowest BCUT2D eigenvalue weighted by Gasteiger charge is -2.22. The molecule has 0 atom stereocenters. The van der Waals surface area contributed by atoms with Crippen LogP contribution in [0.15, 0.2) is 0 Å². The number of rotatable bonds is 2. The second-order valence-corrected chi connectivity index (χ2v) is 3.06. The molecule has 0 aromatic heterocycles. The molecule has 0 aliphatic heterocycles. The van der Waals surface area contributed by atoms with Gasteiger partial charge in [-0.1, -0.05) is 0 Å². The van der Waals surface area contributed by atoms with Gasteiger partial charge in [-0.15, -0.1) is 0 Å². The molecule has 0 saturated carbocycles. The number of hydrogen-bond donors (Lipinski definition) is 0. The van der Waals surface area contributed by atoms with Gasteiger partial charge in [-0.3, -0.25) is 0 Å². The average Bonchev–Trinajstić information content (AvgIpc) is 2.17. The molecule has 0 aromatic rings. The topological polar surface area (TPSA) is 52.6 Å². The smallest absolute Gasteiger partial charge is 0.434 e. The lowest BCUT2D eigenvalue weighted by atomic mass is 10.3. The third-order valence-corrected chi connectivity index (χ3v) is 1.35. The molecule has 0 radical (unpaired) electrons. The van der Waals surface area contributed by atoms with Crippen molar-refractivity contribution in [2.45, 2.75) is 24.6 Å². The number of esters is 2. The number of carbonyl (C=O) groups is 2. The molecule has 0 aliphatic carbocycles. The van der Waals surface area contributed by atoms with Gasteiger partial charge in [-0.25, -0.2) is 9.59 Å². The summed E-state index contributed by atoms with van der Waals surface area (Å²) in [5, 5.41) is 0. The van der Waals surface area contributed by atoms with Gasteiger partial charge in [-0.2, -0.15) is 39.5 Å². The molecule has 118 valence electrons. The second-order valence-electron chi connectivity index (χ2n) is 3.06. The Morgan fingerprint density at radius 2 is 1.20 bits per heavy atom. The Labute approximate surface area is 103 Å². The van der Waals surface area contributed by atoms with Gasteiger partial charge >= 0.3 is 30.5 Å². The SMILES string of the molecule is O=C(OCC(F)(F)F)C(=O)OC(C(F)(F)F)C(F)(F)F. The molecule has 0 rings (SSSR count). The maximum Gasteiger partial charge on any atom is 0.434 e. The normalized spacial score (nSPS) is 13.3. The molecular formula is C7H3F9O4. The summed E-state index contributed by atoms with van der Waals surface area (Å²) < 4.78 is 112. The van der Waals surface area contributed by atoms with Crippen molar-refractivity contribution in [3.8, 4) is 0 Å². The van der Waals surface area contributed by atoms with Gasteiger partial charge in [-0.05, 0) is 0 Å². The van der Waals surface area contributed by atoms with E-state index >= 15 is 0 Å². The van der Waals surface area contributed by atoms with Gasteiger partial charge in [0.05, 0.1) is 0 Å². The molecule has 0 aliphatic rings. The quantitative estimate of drug-likeness (QED) is 0.444. The average molecular weight is 322 g/mol. The van der Waals surface area contributed by atoms with Crippen LogP contribution in [0.2, 0.25) is 0 Å². The summed E-state index contributed by atoms with van der Waals surface area (Å²) in [6.45, 7) is -2.37. The van der Waals surface area contributed by atoms with E-state index in [1.807, 2.05) is 0 Å². The standard InChI is InChI=1S/C7H3F9O4/c8-5(9,10)1-19-2(17)3(18)20-4(6(11,12)13)7(14,15)16/h4H,1H2. The molecule has 0 saturated heterocycles. The van der Waals surface area contributed by atoms with Crippen molar-refractivity contribution >= 4 is 11.9 Å². The Kier molecular flexibility index (Phi) is 5.26. The molecule has 0 spiro atoms. The Balaban J connectivity index is 4.75. The first kappa shape index (κ1) is 18.3. The van der Waals surface area contributed by atoms with Crippen molar-refractivity contribution in [1.29, 1.82) is 0 Å². The van der Waals surface area contributed by atoms with Crippen LogP contribution >= 0.6 is 0 Å². The first-order chi connectivity index (χ1) is 8.64. The van der Waals surface area contributed by atoms with Crippen LogP contribution < -0.4 is 0 Å². The van der Waals surface area contributed by atoms with Crippen LogP contribution in [-0.2, 0) is 19.1 Å². The van der Waals surface area contributed by atoms with Crippen molar-refractivity contribution in [2.24, 2.45) is 0 Å².